The maximum Gasteiger partial charge on any atom is 0.305 e. The molecule has 23 heavy (non-hydrogen) atoms. The number of hydrogen-bond donors (Lipinski definition) is 2. The van der Waals surface area contributed by atoms with Gasteiger partial charge in [-0.1, -0.05) is 30.3 Å². The van der Waals surface area contributed by atoms with E-state index in [1.54, 1.807) is 6.07 Å². The van der Waals surface area contributed by atoms with Crippen LogP contribution in [-0.2, 0) is 4.79 Å². The molecule has 1 atom stereocenters. The van der Waals surface area contributed by atoms with Crippen molar-refractivity contribution in [3.63, 3.8) is 0 Å². The second-order valence-electron chi connectivity index (χ2n) is 5.25. The van der Waals surface area contributed by atoms with E-state index in [9.17, 15) is 14.9 Å². The quantitative estimate of drug-likeness (QED) is 0.651. The Morgan fingerprint density at radius 3 is 2.65 bits per heavy atom. The number of nitro benzene ring substituents is 1. The van der Waals surface area contributed by atoms with Gasteiger partial charge < -0.3 is 15.3 Å². The van der Waals surface area contributed by atoms with E-state index in [-0.39, 0.29) is 24.8 Å². The molecule has 3 rings (SSSR count). The van der Waals surface area contributed by atoms with Crippen LogP contribution < -0.4 is 10.2 Å². The molecule has 7 heteroatoms. The number of rotatable bonds is 5. The Balaban J connectivity index is 1.98. The number of carboxylic acids is 1. The number of aliphatic carboxylic acids is 1. The van der Waals surface area contributed by atoms with Crippen molar-refractivity contribution >= 4 is 23.0 Å². The number of benzene rings is 2. The van der Waals surface area contributed by atoms with Crippen molar-refractivity contribution in [1.82, 2.24) is 0 Å². The molecule has 2 N–H and O–H groups in total. The van der Waals surface area contributed by atoms with Gasteiger partial charge in [0.25, 0.3) is 5.69 Å². The zero-order valence-electron chi connectivity index (χ0n) is 12.2. The van der Waals surface area contributed by atoms with Crippen molar-refractivity contribution in [1.29, 1.82) is 0 Å². The minimum absolute atomic E-state index is 0.0143. The number of anilines is 2. The number of nitrogens with zero attached hydrogens (tertiary/aromatic N) is 2. The van der Waals surface area contributed by atoms with Crippen LogP contribution in [0.4, 0.5) is 17.1 Å². The van der Waals surface area contributed by atoms with Gasteiger partial charge in [-0.3, -0.25) is 14.9 Å². The smallest absolute Gasteiger partial charge is 0.305 e. The number of non-ortho nitro benzene ring substituents is 1. The van der Waals surface area contributed by atoms with Crippen LogP contribution in [0.15, 0.2) is 48.5 Å². The molecule has 2 aromatic rings. The molecular weight excluding hydrogens is 298 g/mol. The lowest BCUT2D eigenvalue weighted by Crippen LogP contribution is -2.30. The van der Waals surface area contributed by atoms with Crippen LogP contribution in [0.25, 0.3) is 0 Å². The van der Waals surface area contributed by atoms with Gasteiger partial charge in [-0.25, -0.2) is 0 Å². The number of carbonyl (C=O) groups is 1. The SMILES string of the molecule is O=C(O)CCN1c2cc([N+](=O)[O-])ccc2NC1c1ccccc1. The van der Waals surface area contributed by atoms with Gasteiger partial charge in [0, 0.05) is 18.7 Å². The fourth-order valence-corrected chi connectivity index (χ4v) is 2.72. The first-order valence-corrected chi connectivity index (χ1v) is 7.14. The van der Waals surface area contributed by atoms with E-state index in [2.05, 4.69) is 5.32 Å². The molecule has 1 aliphatic heterocycles. The Morgan fingerprint density at radius 1 is 1.26 bits per heavy atom. The van der Waals surface area contributed by atoms with Gasteiger partial charge in [-0.15, -0.1) is 0 Å². The standard InChI is InChI=1S/C16H15N3O4/c20-15(21)8-9-18-14-10-12(19(22)23)6-7-13(14)17-16(18)11-4-2-1-3-5-11/h1-7,10,16-17H,8-9H2,(H,20,21). The zero-order valence-corrected chi connectivity index (χ0v) is 12.2. The molecular formula is C16H15N3O4. The summed E-state index contributed by atoms with van der Waals surface area (Å²) in [5, 5.41) is 23.3. The number of carboxylic acid groups (broad SMARTS) is 1. The fourth-order valence-electron chi connectivity index (χ4n) is 2.72. The number of fused-ring (bicyclic) bond motifs is 1. The number of nitro groups is 1. The summed E-state index contributed by atoms with van der Waals surface area (Å²) in [6.45, 7) is 0.260. The summed E-state index contributed by atoms with van der Waals surface area (Å²) in [6.07, 6.45) is -0.291. The second kappa shape index (κ2) is 5.96. The summed E-state index contributed by atoms with van der Waals surface area (Å²) in [5.74, 6) is -0.907. The molecule has 0 bridgehead atoms. The van der Waals surface area contributed by atoms with Crippen LogP contribution in [0.5, 0.6) is 0 Å². The van der Waals surface area contributed by atoms with Crippen LogP contribution in [0.2, 0.25) is 0 Å². The van der Waals surface area contributed by atoms with Crippen molar-refractivity contribution in [2.75, 3.05) is 16.8 Å². The first kappa shape index (κ1) is 14.8. The lowest BCUT2D eigenvalue weighted by atomic mass is 10.1. The molecule has 7 nitrogen and oxygen atoms in total. The minimum Gasteiger partial charge on any atom is -0.481 e. The summed E-state index contributed by atoms with van der Waals surface area (Å²) in [4.78, 5) is 23.3. The Morgan fingerprint density at radius 2 is 2.00 bits per heavy atom. The minimum atomic E-state index is -0.907. The van der Waals surface area contributed by atoms with Crippen LogP contribution in [0.3, 0.4) is 0 Å². The molecule has 0 saturated heterocycles. The second-order valence-corrected chi connectivity index (χ2v) is 5.25. The highest BCUT2D eigenvalue weighted by Gasteiger charge is 2.31. The van der Waals surface area contributed by atoms with Crippen LogP contribution >= 0.6 is 0 Å². The molecule has 0 fully saturated rings. The summed E-state index contributed by atoms with van der Waals surface area (Å²) in [6, 6.07) is 14.1. The lowest BCUT2D eigenvalue weighted by Gasteiger charge is -2.26. The van der Waals surface area contributed by atoms with Gasteiger partial charge in [0.15, 0.2) is 0 Å². The van der Waals surface area contributed by atoms with E-state index < -0.39 is 10.9 Å². The van der Waals surface area contributed by atoms with Gasteiger partial charge in [-0.05, 0) is 11.6 Å². The molecule has 0 spiro atoms. The molecule has 0 aromatic heterocycles. The third kappa shape index (κ3) is 2.94. The van der Waals surface area contributed by atoms with Crippen molar-refractivity contribution in [3.05, 3.63) is 64.2 Å². The average Bonchev–Trinajstić information content (AvgIpc) is 2.91. The topological polar surface area (TPSA) is 95.7 Å². The molecule has 118 valence electrons. The van der Waals surface area contributed by atoms with Crippen LogP contribution in [0.1, 0.15) is 18.2 Å². The van der Waals surface area contributed by atoms with Gasteiger partial charge in [0.1, 0.15) is 6.17 Å². The van der Waals surface area contributed by atoms with Crippen LogP contribution in [-0.4, -0.2) is 22.5 Å². The predicted octanol–water partition coefficient (Wildman–Crippen LogP) is 3.00. The predicted molar refractivity (Wildman–Crippen MR) is 85.5 cm³/mol. The molecule has 1 aliphatic rings. The Hall–Kier alpha value is -3.09. The van der Waals surface area contributed by atoms with Crippen molar-refractivity contribution in [2.24, 2.45) is 0 Å². The van der Waals surface area contributed by atoms with E-state index in [0.717, 1.165) is 11.3 Å². The summed E-state index contributed by atoms with van der Waals surface area (Å²) < 4.78 is 0. The van der Waals surface area contributed by atoms with Gasteiger partial charge in [-0.2, -0.15) is 0 Å². The summed E-state index contributed by atoms with van der Waals surface area (Å²) in [7, 11) is 0. The Bertz CT molecular complexity index is 748. The van der Waals surface area contributed by atoms with E-state index >= 15 is 0 Å². The molecule has 0 amide bonds. The third-order valence-electron chi connectivity index (χ3n) is 3.79. The monoisotopic (exact) mass is 313 g/mol. The van der Waals surface area contributed by atoms with Crippen molar-refractivity contribution in [2.45, 2.75) is 12.6 Å². The maximum absolute atomic E-state index is 11.0. The van der Waals surface area contributed by atoms with Gasteiger partial charge >= 0.3 is 5.97 Å². The van der Waals surface area contributed by atoms with Gasteiger partial charge in [0.05, 0.1) is 22.7 Å². The first-order chi connectivity index (χ1) is 11.1. The largest absolute Gasteiger partial charge is 0.481 e. The number of hydrogen-bond acceptors (Lipinski definition) is 5. The Labute approximate surface area is 132 Å². The normalized spacial score (nSPS) is 15.8. The molecule has 0 radical (unpaired) electrons. The highest BCUT2D eigenvalue weighted by atomic mass is 16.6. The highest BCUT2D eigenvalue weighted by molar-refractivity contribution is 5.79. The average molecular weight is 313 g/mol. The summed E-state index contributed by atoms with van der Waals surface area (Å²) in [5.41, 5.74) is 2.36. The van der Waals surface area contributed by atoms with E-state index in [0.29, 0.717) is 5.69 Å². The van der Waals surface area contributed by atoms with Crippen molar-refractivity contribution < 1.29 is 14.8 Å². The van der Waals surface area contributed by atoms with Gasteiger partial charge in [0.2, 0.25) is 0 Å². The maximum atomic E-state index is 11.0. The Kier molecular flexibility index (Phi) is 3.84. The molecule has 2 aromatic carbocycles. The van der Waals surface area contributed by atoms with E-state index in [4.69, 9.17) is 5.11 Å². The first-order valence-electron chi connectivity index (χ1n) is 7.14. The molecule has 0 aliphatic carbocycles. The zero-order chi connectivity index (χ0) is 16.4. The van der Waals surface area contributed by atoms with Crippen molar-refractivity contribution in [3.8, 4) is 0 Å². The van der Waals surface area contributed by atoms with Crippen LogP contribution in [0, 0.1) is 10.1 Å². The molecule has 1 heterocycles. The molecule has 1 unspecified atom stereocenters. The summed E-state index contributed by atoms with van der Waals surface area (Å²) >= 11 is 0. The number of nitrogens with one attached hydrogen (secondary N) is 1. The third-order valence-corrected chi connectivity index (χ3v) is 3.79. The molecule has 0 saturated carbocycles. The van der Waals surface area contributed by atoms with E-state index in [1.807, 2.05) is 35.2 Å². The lowest BCUT2D eigenvalue weighted by molar-refractivity contribution is -0.384. The van der Waals surface area contributed by atoms with E-state index in [1.165, 1.54) is 12.1 Å². The fraction of sp³-hybridized carbons (Fsp3) is 0.188. The highest BCUT2D eigenvalue weighted by Crippen LogP contribution is 2.42.